The molecule has 122 valence electrons. The molecule has 1 rings (SSSR count). The summed E-state index contributed by atoms with van der Waals surface area (Å²) in [6.45, 7) is 10.5. The zero-order valence-electron chi connectivity index (χ0n) is 13.5. The van der Waals surface area contributed by atoms with Crippen LogP contribution in [0.4, 0.5) is 0 Å². The molecule has 1 aliphatic rings. The van der Waals surface area contributed by atoms with Gasteiger partial charge in [-0.1, -0.05) is 15.9 Å². The molecule has 0 N–H and O–H groups in total. The lowest BCUT2D eigenvalue weighted by atomic mass is 9.85. The Morgan fingerprint density at radius 2 is 1.57 bits per heavy atom. The standard InChI is InChI=1S/C15H27BrNO4/c1-5-17(6-2)11-15(9-12(17)10-16,13(18)20-7-3)14(19)21-8-4/h12H,5-11H2,1-4H3/q+1. The van der Waals surface area contributed by atoms with Gasteiger partial charge in [0.15, 0.2) is 0 Å². The van der Waals surface area contributed by atoms with Crippen LogP contribution >= 0.6 is 15.9 Å². The molecule has 0 aromatic rings. The summed E-state index contributed by atoms with van der Waals surface area (Å²) >= 11 is 3.54. The van der Waals surface area contributed by atoms with Crippen molar-refractivity contribution >= 4 is 27.9 Å². The van der Waals surface area contributed by atoms with E-state index in [0.29, 0.717) is 13.0 Å². The number of rotatable bonds is 7. The maximum absolute atomic E-state index is 12.5. The van der Waals surface area contributed by atoms with Crippen molar-refractivity contribution in [3.63, 3.8) is 0 Å². The highest BCUT2D eigenvalue weighted by molar-refractivity contribution is 9.09. The van der Waals surface area contributed by atoms with Crippen molar-refractivity contribution in [3.8, 4) is 0 Å². The topological polar surface area (TPSA) is 52.6 Å². The van der Waals surface area contributed by atoms with Crippen LogP contribution in [0, 0.1) is 5.41 Å². The lowest BCUT2D eigenvalue weighted by molar-refractivity contribution is -0.935. The molecule has 0 saturated carbocycles. The van der Waals surface area contributed by atoms with Gasteiger partial charge in [-0.25, -0.2) is 0 Å². The summed E-state index contributed by atoms with van der Waals surface area (Å²) in [5.74, 6) is -0.868. The van der Waals surface area contributed by atoms with Crippen molar-refractivity contribution in [2.24, 2.45) is 5.41 Å². The van der Waals surface area contributed by atoms with Crippen LogP contribution in [0.5, 0.6) is 0 Å². The molecule has 21 heavy (non-hydrogen) atoms. The maximum atomic E-state index is 12.5. The number of carbonyl (C=O) groups excluding carboxylic acids is 2. The van der Waals surface area contributed by atoms with Crippen LogP contribution in [0.2, 0.25) is 0 Å². The number of nitrogens with zero attached hydrogens (tertiary/aromatic N) is 1. The van der Waals surface area contributed by atoms with Crippen LogP contribution in [0.25, 0.3) is 0 Å². The SMILES string of the molecule is CCOC(=O)C1(C(=O)OCC)CC(CBr)[N+](CC)(CC)C1. The second-order valence-corrected chi connectivity index (χ2v) is 6.19. The van der Waals surface area contributed by atoms with Gasteiger partial charge in [0.2, 0.25) is 5.41 Å². The molecule has 6 heteroatoms. The van der Waals surface area contributed by atoms with E-state index >= 15 is 0 Å². The number of alkyl halides is 1. The predicted octanol–water partition coefficient (Wildman–Crippen LogP) is 2.12. The van der Waals surface area contributed by atoms with Gasteiger partial charge >= 0.3 is 11.9 Å². The lowest BCUT2D eigenvalue weighted by Gasteiger charge is -2.38. The number of carbonyl (C=O) groups is 2. The van der Waals surface area contributed by atoms with E-state index in [9.17, 15) is 9.59 Å². The number of halogens is 1. The number of quaternary nitrogens is 1. The highest BCUT2D eigenvalue weighted by Gasteiger charge is 2.63. The lowest BCUT2D eigenvalue weighted by Crippen LogP contribution is -2.54. The third-order valence-electron chi connectivity index (χ3n) is 4.71. The molecule has 1 aliphatic heterocycles. The van der Waals surface area contributed by atoms with Crippen LogP contribution in [0.15, 0.2) is 0 Å². The summed E-state index contributed by atoms with van der Waals surface area (Å²) in [4.78, 5) is 25.0. The van der Waals surface area contributed by atoms with Gasteiger partial charge in [-0.3, -0.25) is 9.59 Å². The number of hydrogen-bond donors (Lipinski definition) is 0. The number of esters is 2. The molecule has 0 aliphatic carbocycles. The Kier molecular flexibility index (Phi) is 6.66. The molecule has 1 heterocycles. The van der Waals surface area contributed by atoms with Crippen molar-refractivity contribution in [1.29, 1.82) is 0 Å². The van der Waals surface area contributed by atoms with Crippen LogP contribution in [-0.2, 0) is 19.1 Å². The molecule has 0 aromatic heterocycles. The fourth-order valence-electron chi connectivity index (χ4n) is 3.41. The minimum Gasteiger partial charge on any atom is -0.465 e. The molecule has 0 spiro atoms. The van der Waals surface area contributed by atoms with E-state index in [1.807, 2.05) is 0 Å². The summed E-state index contributed by atoms with van der Waals surface area (Å²) in [5, 5.41) is 0.759. The minimum atomic E-state index is -1.16. The molecule has 5 nitrogen and oxygen atoms in total. The van der Waals surface area contributed by atoms with Gasteiger partial charge in [-0.15, -0.1) is 0 Å². The average Bonchev–Trinajstić information content (AvgIpc) is 2.84. The molecule has 1 saturated heterocycles. The second kappa shape index (κ2) is 7.58. The van der Waals surface area contributed by atoms with E-state index in [4.69, 9.17) is 9.47 Å². The van der Waals surface area contributed by atoms with Crippen molar-refractivity contribution in [2.45, 2.75) is 40.2 Å². The number of ether oxygens (including phenoxy) is 2. The zero-order valence-corrected chi connectivity index (χ0v) is 15.1. The fraction of sp³-hybridized carbons (Fsp3) is 0.867. The van der Waals surface area contributed by atoms with Gasteiger partial charge in [-0.2, -0.15) is 0 Å². The van der Waals surface area contributed by atoms with E-state index in [-0.39, 0.29) is 19.3 Å². The summed E-state index contributed by atoms with van der Waals surface area (Å²) in [5.41, 5.74) is -1.16. The van der Waals surface area contributed by atoms with Gasteiger partial charge in [-0.05, 0) is 27.7 Å². The van der Waals surface area contributed by atoms with Gasteiger partial charge < -0.3 is 14.0 Å². The van der Waals surface area contributed by atoms with Crippen molar-refractivity contribution < 1.29 is 23.5 Å². The van der Waals surface area contributed by atoms with Crippen LogP contribution in [0.1, 0.15) is 34.1 Å². The summed E-state index contributed by atoms with van der Waals surface area (Å²) in [6, 6.07) is 0.216. The maximum Gasteiger partial charge on any atom is 0.329 e. The molecule has 0 amide bonds. The highest BCUT2D eigenvalue weighted by Crippen LogP contribution is 2.43. The Morgan fingerprint density at radius 3 is 1.86 bits per heavy atom. The highest BCUT2D eigenvalue weighted by atomic mass is 79.9. The van der Waals surface area contributed by atoms with Gasteiger partial charge in [0.25, 0.3) is 0 Å². The quantitative estimate of drug-likeness (QED) is 0.300. The first kappa shape index (κ1) is 18.4. The first-order valence-electron chi connectivity index (χ1n) is 7.72. The van der Waals surface area contributed by atoms with Crippen molar-refractivity contribution in [3.05, 3.63) is 0 Å². The van der Waals surface area contributed by atoms with Crippen molar-refractivity contribution in [1.82, 2.24) is 0 Å². The third kappa shape index (κ3) is 3.26. The van der Waals surface area contributed by atoms with Crippen molar-refractivity contribution in [2.75, 3.05) is 38.2 Å². The first-order chi connectivity index (χ1) is 9.96. The summed E-state index contributed by atoms with van der Waals surface area (Å²) < 4.78 is 11.2. The number of hydrogen-bond acceptors (Lipinski definition) is 4. The van der Waals surface area contributed by atoms with Gasteiger partial charge in [0.05, 0.1) is 31.6 Å². The molecular formula is C15H27BrNO4+. The van der Waals surface area contributed by atoms with E-state index in [1.165, 1.54) is 0 Å². The third-order valence-corrected chi connectivity index (χ3v) is 5.46. The fourth-order valence-corrected chi connectivity index (χ4v) is 4.25. The van der Waals surface area contributed by atoms with Crippen LogP contribution in [0.3, 0.4) is 0 Å². The second-order valence-electron chi connectivity index (χ2n) is 5.54. The molecule has 0 aromatic carbocycles. The summed E-state index contributed by atoms with van der Waals surface area (Å²) in [6.07, 6.45) is 0.484. The van der Waals surface area contributed by atoms with E-state index in [2.05, 4.69) is 29.8 Å². The average molecular weight is 365 g/mol. The largest absolute Gasteiger partial charge is 0.465 e. The Morgan fingerprint density at radius 1 is 1.10 bits per heavy atom. The smallest absolute Gasteiger partial charge is 0.329 e. The Bertz CT molecular complexity index is 364. The van der Waals surface area contributed by atoms with E-state index in [0.717, 1.165) is 22.9 Å². The van der Waals surface area contributed by atoms with Crippen LogP contribution in [-0.4, -0.2) is 60.6 Å². The predicted molar refractivity (Wildman–Crippen MR) is 84.1 cm³/mol. The van der Waals surface area contributed by atoms with Crippen LogP contribution < -0.4 is 0 Å². The zero-order chi connectivity index (χ0) is 16.1. The normalized spacial score (nSPS) is 22.8. The Hall–Kier alpha value is -0.620. The molecule has 1 atom stereocenters. The first-order valence-corrected chi connectivity index (χ1v) is 8.84. The molecular weight excluding hydrogens is 338 g/mol. The Labute approximate surface area is 135 Å². The van der Waals surface area contributed by atoms with E-state index in [1.54, 1.807) is 13.8 Å². The Balaban J connectivity index is 3.21. The van der Waals surface area contributed by atoms with Gasteiger partial charge in [0, 0.05) is 6.42 Å². The molecule has 0 radical (unpaired) electrons. The molecule has 0 bridgehead atoms. The van der Waals surface area contributed by atoms with E-state index < -0.39 is 17.4 Å². The minimum absolute atomic E-state index is 0.216. The summed E-state index contributed by atoms with van der Waals surface area (Å²) in [7, 11) is 0. The van der Waals surface area contributed by atoms with Gasteiger partial charge in [0.1, 0.15) is 12.6 Å². The molecule has 1 fully saturated rings. The monoisotopic (exact) mass is 364 g/mol. The molecule has 1 unspecified atom stereocenters. The number of likely N-dealkylation sites (tertiary alicyclic amines) is 1.